The molecule has 1 aliphatic heterocycles. The molecular weight excluding hydrogens is 312 g/mol. The summed E-state index contributed by atoms with van der Waals surface area (Å²) in [5.74, 6) is 2.23. The molecule has 1 heterocycles. The minimum Gasteiger partial charge on any atom is -0.312 e. The summed E-state index contributed by atoms with van der Waals surface area (Å²) >= 11 is 0. The quantitative estimate of drug-likeness (QED) is 0.494. The highest BCUT2D eigenvalue weighted by molar-refractivity contribution is 5.05. The second-order valence-corrected chi connectivity index (χ2v) is 9.89. The lowest BCUT2D eigenvalue weighted by Gasteiger charge is -2.57. The van der Waals surface area contributed by atoms with Crippen molar-refractivity contribution >= 4 is 0 Å². The van der Waals surface area contributed by atoms with E-state index in [1.54, 1.807) is 0 Å². The Hall–Kier alpha value is -0.120. The molecule has 25 heavy (non-hydrogen) atoms. The van der Waals surface area contributed by atoms with Gasteiger partial charge >= 0.3 is 0 Å². The lowest BCUT2D eigenvalue weighted by atomic mass is 9.53. The van der Waals surface area contributed by atoms with E-state index in [2.05, 4.69) is 0 Å². The predicted molar refractivity (Wildman–Crippen MR) is 96.5 cm³/mol. The van der Waals surface area contributed by atoms with E-state index in [1.807, 2.05) is 0 Å². The first kappa shape index (κ1) is 17.0. The second-order valence-electron chi connectivity index (χ2n) is 9.89. The largest absolute Gasteiger partial charge is 0.312 e. The predicted octanol–water partition coefficient (Wildman–Crippen LogP) is 6.12. The van der Waals surface area contributed by atoms with Crippen LogP contribution in [0.5, 0.6) is 0 Å². The van der Waals surface area contributed by atoms with Gasteiger partial charge in [0.25, 0.3) is 0 Å². The van der Waals surface area contributed by atoms with Crippen molar-refractivity contribution in [1.82, 2.24) is 0 Å². The smallest absolute Gasteiger partial charge is 0.210 e. The Bertz CT molecular complexity index is 434. The molecule has 6 aliphatic rings. The van der Waals surface area contributed by atoms with Crippen LogP contribution in [0.25, 0.3) is 0 Å². The van der Waals surface area contributed by atoms with Crippen LogP contribution in [0.4, 0.5) is 0 Å². The molecule has 0 atom stereocenters. The molecule has 0 N–H and O–H groups in total. The van der Waals surface area contributed by atoms with Crippen LogP contribution in [-0.2, 0) is 14.5 Å². The average Bonchev–Trinajstić information content (AvgIpc) is 2.97. The van der Waals surface area contributed by atoms with Gasteiger partial charge in [-0.05, 0) is 56.8 Å². The number of hydrogen-bond donors (Lipinski definition) is 0. The molecule has 0 aromatic carbocycles. The van der Waals surface area contributed by atoms with Gasteiger partial charge in [0, 0.05) is 24.7 Å². The van der Waals surface area contributed by atoms with Gasteiger partial charge in [-0.25, -0.2) is 0 Å². The zero-order chi connectivity index (χ0) is 16.7. The van der Waals surface area contributed by atoms with Crippen LogP contribution in [0.15, 0.2) is 0 Å². The SMILES string of the molecule is C1CCCCCC2(CCCCC1)OOC1(O2)C2CC3CC(C2)CC1C3. The summed E-state index contributed by atoms with van der Waals surface area (Å²) < 4.78 is 6.91. The van der Waals surface area contributed by atoms with E-state index in [1.165, 1.54) is 89.9 Å². The molecule has 0 radical (unpaired) electrons. The lowest BCUT2D eigenvalue weighted by molar-refractivity contribution is -0.389. The fourth-order valence-corrected chi connectivity index (χ4v) is 6.95. The lowest BCUT2D eigenvalue weighted by Crippen LogP contribution is -2.59. The minimum absolute atomic E-state index is 0.384. The molecule has 3 nitrogen and oxygen atoms in total. The summed E-state index contributed by atoms with van der Waals surface area (Å²) in [6, 6.07) is 0. The van der Waals surface area contributed by atoms with Crippen molar-refractivity contribution in [2.45, 2.75) is 114 Å². The molecule has 6 fully saturated rings. The summed E-state index contributed by atoms with van der Waals surface area (Å²) in [6.45, 7) is 0. The maximum Gasteiger partial charge on any atom is 0.210 e. The van der Waals surface area contributed by atoms with E-state index in [-0.39, 0.29) is 5.79 Å². The van der Waals surface area contributed by atoms with E-state index in [4.69, 9.17) is 14.5 Å². The molecule has 0 aromatic heterocycles. The third kappa shape index (κ3) is 3.08. The van der Waals surface area contributed by atoms with E-state index in [0.29, 0.717) is 11.8 Å². The van der Waals surface area contributed by atoms with Gasteiger partial charge in [-0.15, -0.1) is 0 Å². The molecule has 4 bridgehead atoms. The molecule has 1 saturated heterocycles. The minimum atomic E-state index is -0.436. The van der Waals surface area contributed by atoms with Gasteiger partial charge in [0.2, 0.25) is 11.6 Å². The Morgan fingerprint density at radius 3 is 1.52 bits per heavy atom. The molecule has 0 unspecified atom stereocenters. The van der Waals surface area contributed by atoms with E-state index < -0.39 is 5.79 Å². The standard InChI is InChI=1S/C22H36O3/c1-2-4-6-8-10-21(11-9-7-5-3-1)23-22(25-24-21)19-13-17-12-18(15-19)16-20(22)14-17/h17-20H,1-16H2. The van der Waals surface area contributed by atoms with Crippen molar-refractivity contribution in [3.63, 3.8) is 0 Å². The molecule has 0 amide bonds. The van der Waals surface area contributed by atoms with Crippen LogP contribution in [-0.4, -0.2) is 11.6 Å². The zero-order valence-corrected chi connectivity index (χ0v) is 15.8. The Balaban J connectivity index is 1.31. The van der Waals surface area contributed by atoms with Crippen molar-refractivity contribution in [2.24, 2.45) is 23.7 Å². The Morgan fingerprint density at radius 1 is 0.520 bits per heavy atom. The maximum absolute atomic E-state index is 6.91. The summed E-state index contributed by atoms with van der Waals surface area (Å²) in [6.07, 6.45) is 20.8. The van der Waals surface area contributed by atoms with Gasteiger partial charge in [0.15, 0.2) is 0 Å². The molecule has 5 saturated carbocycles. The Morgan fingerprint density at radius 2 is 1.00 bits per heavy atom. The zero-order valence-electron chi connectivity index (χ0n) is 15.8. The molecular formula is C22H36O3. The van der Waals surface area contributed by atoms with Crippen LogP contribution in [0.2, 0.25) is 0 Å². The molecule has 6 rings (SSSR count). The summed E-state index contributed by atoms with van der Waals surface area (Å²) in [7, 11) is 0. The van der Waals surface area contributed by atoms with Crippen LogP contribution in [0.1, 0.15) is 103 Å². The van der Waals surface area contributed by atoms with Crippen LogP contribution >= 0.6 is 0 Å². The van der Waals surface area contributed by atoms with Crippen molar-refractivity contribution in [1.29, 1.82) is 0 Å². The highest BCUT2D eigenvalue weighted by atomic mass is 17.3. The number of rotatable bonds is 0. The van der Waals surface area contributed by atoms with Gasteiger partial charge in [0.1, 0.15) is 0 Å². The van der Waals surface area contributed by atoms with Crippen molar-refractivity contribution in [2.75, 3.05) is 0 Å². The summed E-state index contributed by atoms with van der Waals surface area (Å²) in [5.41, 5.74) is 0. The first-order valence-corrected chi connectivity index (χ1v) is 11.4. The molecule has 3 heteroatoms. The molecule has 5 aliphatic carbocycles. The van der Waals surface area contributed by atoms with E-state index in [0.717, 1.165) is 24.7 Å². The third-order valence-corrected chi connectivity index (χ3v) is 8.06. The first-order chi connectivity index (χ1) is 12.3. The van der Waals surface area contributed by atoms with Crippen molar-refractivity contribution in [3.8, 4) is 0 Å². The highest BCUT2D eigenvalue weighted by Gasteiger charge is 2.66. The average molecular weight is 349 g/mol. The van der Waals surface area contributed by atoms with Crippen molar-refractivity contribution in [3.05, 3.63) is 0 Å². The highest BCUT2D eigenvalue weighted by Crippen LogP contribution is 2.63. The third-order valence-electron chi connectivity index (χ3n) is 8.06. The van der Waals surface area contributed by atoms with Gasteiger partial charge < -0.3 is 4.74 Å². The fraction of sp³-hybridized carbons (Fsp3) is 1.00. The summed E-state index contributed by atoms with van der Waals surface area (Å²) in [5, 5.41) is 0. The van der Waals surface area contributed by atoms with E-state index in [9.17, 15) is 0 Å². The second kappa shape index (κ2) is 6.80. The van der Waals surface area contributed by atoms with Gasteiger partial charge in [-0.3, -0.25) is 0 Å². The Kier molecular flexibility index (Phi) is 4.63. The maximum atomic E-state index is 6.91. The summed E-state index contributed by atoms with van der Waals surface area (Å²) in [4.78, 5) is 12.4. The molecule has 2 spiro atoms. The number of ether oxygens (including phenoxy) is 1. The van der Waals surface area contributed by atoms with Gasteiger partial charge in [-0.2, -0.15) is 9.78 Å². The monoisotopic (exact) mass is 348 g/mol. The van der Waals surface area contributed by atoms with E-state index >= 15 is 0 Å². The molecule has 142 valence electrons. The van der Waals surface area contributed by atoms with Crippen LogP contribution in [0.3, 0.4) is 0 Å². The Labute approximate surface area is 153 Å². The topological polar surface area (TPSA) is 27.7 Å². The van der Waals surface area contributed by atoms with Crippen molar-refractivity contribution < 1.29 is 14.5 Å². The van der Waals surface area contributed by atoms with Crippen LogP contribution in [0, 0.1) is 23.7 Å². The molecule has 0 aromatic rings. The number of hydrogen-bond acceptors (Lipinski definition) is 3. The first-order valence-electron chi connectivity index (χ1n) is 11.4. The van der Waals surface area contributed by atoms with Gasteiger partial charge in [-0.1, -0.05) is 44.9 Å². The normalized spacial score (nSPS) is 47.0. The van der Waals surface area contributed by atoms with Crippen LogP contribution < -0.4 is 0 Å². The van der Waals surface area contributed by atoms with Gasteiger partial charge in [0.05, 0.1) is 0 Å². The fourth-order valence-electron chi connectivity index (χ4n) is 6.95.